The molecule has 2 heterocycles. The topological polar surface area (TPSA) is 60.9 Å². The molecule has 1 aromatic heterocycles. The van der Waals surface area contributed by atoms with Crippen LogP contribution in [0, 0.1) is 28.6 Å². The highest BCUT2D eigenvalue weighted by molar-refractivity contribution is 5.35. The molecule has 0 amide bonds. The van der Waals surface area contributed by atoms with Crippen molar-refractivity contribution in [2.24, 2.45) is 34.3 Å². The van der Waals surface area contributed by atoms with E-state index in [9.17, 15) is 0 Å². The van der Waals surface area contributed by atoms with Crippen LogP contribution in [0.5, 0.6) is 0 Å². The fourth-order valence-electron chi connectivity index (χ4n) is 9.11. The van der Waals surface area contributed by atoms with E-state index >= 15 is 0 Å². The van der Waals surface area contributed by atoms with Crippen molar-refractivity contribution < 1.29 is 13.9 Å². The van der Waals surface area contributed by atoms with Gasteiger partial charge in [0.05, 0.1) is 24.7 Å². The summed E-state index contributed by atoms with van der Waals surface area (Å²) < 4.78 is 18.4. The van der Waals surface area contributed by atoms with Gasteiger partial charge in [-0.3, -0.25) is 0 Å². The number of epoxide rings is 1. The van der Waals surface area contributed by atoms with Gasteiger partial charge in [-0.25, -0.2) is 0 Å². The summed E-state index contributed by atoms with van der Waals surface area (Å²) in [4.78, 5) is 0. The monoisotopic (exact) mass is 413 g/mol. The Labute approximate surface area is 181 Å². The number of furan rings is 1. The minimum atomic E-state index is 0.139. The maximum Gasteiger partial charge on any atom is 0.104 e. The molecule has 1 saturated heterocycles. The maximum atomic E-state index is 6.69. The van der Waals surface area contributed by atoms with Gasteiger partial charge in [0.2, 0.25) is 0 Å². The van der Waals surface area contributed by atoms with E-state index in [1.165, 1.54) is 56.9 Å². The third-order valence-electron chi connectivity index (χ3n) is 10.7. The summed E-state index contributed by atoms with van der Waals surface area (Å²) in [5.41, 5.74) is 7.94. The lowest BCUT2D eigenvalue weighted by Crippen LogP contribution is -2.58. The first-order valence-electron chi connectivity index (χ1n) is 12.5. The summed E-state index contributed by atoms with van der Waals surface area (Å²) in [7, 11) is 0. The molecular weight excluding hydrogens is 374 g/mol. The summed E-state index contributed by atoms with van der Waals surface area (Å²) >= 11 is 0. The van der Waals surface area contributed by atoms with Gasteiger partial charge in [-0.05, 0) is 105 Å². The van der Waals surface area contributed by atoms with Crippen LogP contribution in [-0.2, 0) is 9.47 Å². The van der Waals surface area contributed by atoms with Crippen LogP contribution in [0.2, 0.25) is 0 Å². The van der Waals surface area contributed by atoms with Crippen molar-refractivity contribution >= 4 is 0 Å². The number of ether oxygens (including phenoxy) is 2. The number of rotatable bonds is 5. The van der Waals surface area contributed by atoms with Crippen molar-refractivity contribution in [3.63, 3.8) is 0 Å². The van der Waals surface area contributed by atoms with Crippen molar-refractivity contribution in [1.82, 2.24) is 0 Å². The van der Waals surface area contributed by atoms with E-state index in [0.717, 1.165) is 37.3 Å². The molecule has 0 aromatic carbocycles. The number of fused-ring (bicyclic) bond motifs is 3. The van der Waals surface area contributed by atoms with E-state index in [-0.39, 0.29) is 11.0 Å². The SMILES string of the molecule is C[C@]12CCC(OCCCN)CC1CC[C@@H]1[C@H]2CC[C@]2(C)C(c3ccoc3)CC3O[C@]312. The normalized spacial score (nSPS) is 51.6. The van der Waals surface area contributed by atoms with Crippen molar-refractivity contribution in [2.75, 3.05) is 13.2 Å². The van der Waals surface area contributed by atoms with Gasteiger partial charge >= 0.3 is 0 Å². The second-order valence-corrected chi connectivity index (χ2v) is 11.6. The fourth-order valence-corrected chi connectivity index (χ4v) is 9.11. The molecule has 0 bridgehead atoms. The summed E-state index contributed by atoms with van der Waals surface area (Å²) in [5.74, 6) is 2.99. The Morgan fingerprint density at radius 3 is 2.80 bits per heavy atom. The Morgan fingerprint density at radius 1 is 1.10 bits per heavy atom. The molecule has 30 heavy (non-hydrogen) atoms. The third kappa shape index (κ3) is 2.50. The molecule has 4 saturated carbocycles. The lowest BCUT2D eigenvalue weighted by Gasteiger charge is -2.61. The predicted octanol–water partition coefficient (Wildman–Crippen LogP) is 5.27. The van der Waals surface area contributed by atoms with Crippen LogP contribution in [0.4, 0.5) is 0 Å². The Balaban J connectivity index is 1.23. The smallest absolute Gasteiger partial charge is 0.104 e. The summed E-state index contributed by atoms with van der Waals surface area (Å²) in [6.07, 6.45) is 16.2. The summed E-state index contributed by atoms with van der Waals surface area (Å²) in [5, 5.41) is 0. The van der Waals surface area contributed by atoms with Gasteiger partial charge in [-0.2, -0.15) is 0 Å². The van der Waals surface area contributed by atoms with Crippen molar-refractivity contribution in [2.45, 2.75) is 95.4 Å². The quantitative estimate of drug-likeness (QED) is 0.527. The van der Waals surface area contributed by atoms with Crippen LogP contribution in [0.1, 0.15) is 83.1 Å². The Morgan fingerprint density at radius 2 is 2.00 bits per heavy atom. The lowest BCUT2D eigenvalue weighted by molar-refractivity contribution is -0.145. The van der Waals surface area contributed by atoms with Crippen LogP contribution < -0.4 is 5.73 Å². The molecule has 1 aliphatic heterocycles. The molecule has 1 aromatic rings. The van der Waals surface area contributed by atoms with Gasteiger partial charge in [0, 0.05) is 12.0 Å². The highest BCUT2D eigenvalue weighted by Crippen LogP contribution is 2.78. The van der Waals surface area contributed by atoms with Gasteiger partial charge in [-0.1, -0.05) is 13.8 Å². The standard InChI is InChI=1S/C26H39NO3/c1-24-9-6-19(29-12-3-11-27)14-18(24)4-5-21-20(24)7-10-25(2)22(17-8-13-28-16-17)15-23-26(21,25)30-23/h8,13,16,18-23H,3-7,9-12,14-15,27H2,1-2H3/t18?,19?,20-,21-,22?,23?,24+,25-,26+/m1/s1. The van der Waals surface area contributed by atoms with E-state index in [1.807, 2.05) is 12.5 Å². The van der Waals surface area contributed by atoms with Crippen molar-refractivity contribution in [1.29, 1.82) is 0 Å². The van der Waals surface area contributed by atoms with Crippen LogP contribution in [0.15, 0.2) is 23.0 Å². The molecule has 4 nitrogen and oxygen atoms in total. The molecule has 9 atom stereocenters. The number of hydrogen-bond donors (Lipinski definition) is 1. The second kappa shape index (κ2) is 6.83. The molecule has 6 rings (SSSR count). The Hall–Kier alpha value is -0.840. The maximum absolute atomic E-state index is 6.69. The van der Waals surface area contributed by atoms with Crippen molar-refractivity contribution in [3.8, 4) is 0 Å². The molecule has 166 valence electrons. The van der Waals surface area contributed by atoms with Crippen LogP contribution >= 0.6 is 0 Å². The summed E-state index contributed by atoms with van der Waals surface area (Å²) in [6, 6.07) is 2.20. The fraction of sp³-hybridized carbons (Fsp3) is 0.846. The zero-order valence-electron chi connectivity index (χ0n) is 18.8. The molecule has 1 spiro atoms. The van der Waals surface area contributed by atoms with Gasteiger partial charge in [0.15, 0.2) is 0 Å². The minimum Gasteiger partial charge on any atom is -0.472 e. The van der Waals surface area contributed by atoms with Gasteiger partial charge in [0.25, 0.3) is 0 Å². The molecular formula is C26H39NO3. The summed E-state index contributed by atoms with van der Waals surface area (Å²) in [6.45, 7) is 6.75. The van der Waals surface area contributed by atoms with Crippen molar-refractivity contribution in [3.05, 3.63) is 24.2 Å². The molecule has 5 fully saturated rings. The second-order valence-electron chi connectivity index (χ2n) is 11.6. The minimum absolute atomic E-state index is 0.139. The highest BCUT2D eigenvalue weighted by Gasteiger charge is 2.80. The molecule has 5 aliphatic rings. The largest absolute Gasteiger partial charge is 0.472 e. The zero-order chi connectivity index (χ0) is 20.6. The zero-order valence-corrected chi connectivity index (χ0v) is 18.8. The first-order chi connectivity index (χ1) is 14.5. The third-order valence-corrected chi connectivity index (χ3v) is 10.7. The van der Waals surface area contributed by atoms with Gasteiger partial charge < -0.3 is 19.6 Å². The average Bonchev–Trinajstić information content (AvgIpc) is 3.09. The van der Waals surface area contributed by atoms with Crippen LogP contribution in [0.25, 0.3) is 0 Å². The molecule has 4 aliphatic carbocycles. The van der Waals surface area contributed by atoms with Crippen LogP contribution in [-0.4, -0.2) is 31.0 Å². The van der Waals surface area contributed by atoms with Gasteiger partial charge in [0.1, 0.15) is 5.60 Å². The average molecular weight is 414 g/mol. The number of hydrogen-bond acceptors (Lipinski definition) is 4. The lowest BCUT2D eigenvalue weighted by atomic mass is 9.44. The predicted molar refractivity (Wildman–Crippen MR) is 116 cm³/mol. The molecule has 4 heteroatoms. The van der Waals surface area contributed by atoms with Gasteiger partial charge in [-0.15, -0.1) is 0 Å². The first-order valence-corrected chi connectivity index (χ1v) is 12.5. The number of nitrogens with two attached hydrogens (primary N) is 1. The molecule has 4 unspecified atom stereocenters. The van der Waals surface area contributed by atoms with E-state index < -0.39 is 0 Å². The van der Waals surface area contributed by atoms with E-state index in [2.05, 4.69) is 19.9 Å². The Bertz CT molecular complexity index is 779. The molecule has 2 N–H and O–H groups in total. The van der Waals surface area contributed by atoms with E-state index in [0.29, 0.717) is 23.5 Å². The first kappa shape index (κ1) is 19.8. The molecule has 0 radical (unpaired) electrons. The highest BCUT2D eigenvalue weighted by atomic mass is 16.6. The van der Waals surface area contributed by atoms with E-state index in [4.69, 9.17) is 19.6 Å². The van der Waals surface area contributed by atoms with Crippen LogP contribution in [0.3, 0.4) is 0 Å². The Kier molecular flexibility index (Phi) is 4.51. The van der Waals surface area contributed by atoms with E-state index in [1.54, 1.807) is 0 Å².